The fourth-order valence-corrected chi connectivity index (χ4v) is 3.09. The topological polar surface area (TPSA) is 49.4 Å². The molecule has 0 unspecified atom stereocenters. The summed E-state index contributed by atoms with van der Waals surface area (Å²) in [7, 11) is 0. The minimum atomic E-state index is 0.107. The van der Waals surface area contributed by atoms with Crippen LogP contribution in [0.2, 0.25) is 0 Å². The zero-order valence-corrected chi connectivity index (χ0v) is 12.8. The maximum atomic E-state index is 11.9. The minimum absolute atomic E-state index is 0.107. The van der Waals surface area contributed by atoms with Crippen molar-refractivity contribution < 1.29 is 9.59 Å². The first-order valence-corrected chi connectivity index (χ1v) is 8.05. The van der Waals surface area contributed by atoms with E-state index < -0.39 is 0 Å². The molecule has 4 heteroatoms. The van der Waals surface area contributed by atoms with Gasteiger partial charge in [-0.15, -0.1) is 0 Å². The van der Waals surface area contributed by atoms with Crippen LogP contribution in [-0.4, -0.2) is 18.4 Å². The van der Waals surface area contributed by atoms with Crippen LogP contribution in [0.15, 0.2) is 36.4 Å². The highest BCUT2D eigenvalue weighted by atomic mass is 16.2. The first-order chi connectivity index (χ1) is 10.7. The molecular formula is C18H22N2O2. The fraction of sp³-hybridized carbons (Fsp3) is 0.444. The number of amides is 2. The molecule has 1 aromatic rings. The summed E-state index contributed by atoms with van der Waals surface area (Å²) in [5.74, 6) is 0.713. The Morgan fingerprint density at radius 3 is 2.73 bits per heavy atom. The van der Waals surface area contributed by atoms with Crippen molar-refractivity contribution in [3.05, 3.63) is 42.0 Å². The van der Waals surface area contributed by atoms with Crippen molar-refractivity contribution in [1.82, 2.24) is 5.32 Å². The molecule has 0 spiro atoms. The number of nitrogens with zero attached hydrogens (tertiary/aromatic N) is 1. The molecule has 3 rings (SSSR count). The van der Waals surface area contributed by atoms with Crippen LogP contribution in [0.3, 0.4) is 0 Å². The first-order valence-electron chi connectivity index (χ1n) is 8.05. The first kappa shape index (κ1) is 14.8. The molecule has 2 aliphatic rings. The number of hydrogen-bond donors (Lipinski definition) is 1. The zero-order valence-electron chi connectivity index (χ0n) is 12.8. The average Bonchev–Trinajstić information content (AvgIpc) is 3.17. The van der Waals surface area contributed by atoms with Gasteiger partial charge in [0.05, 0.1) is 0 Å². The normalized spacial score (nSPS) is 20.6. The number of hydrogen-bond acceptors (Lipinski definition) is 2. The van der Waals surface area contributed by atoms with Crippen LogP contribution < -0.4 is 10.2 Å². The van der Waals surface area contributed by atoms with Crippen molar-refractivity contribution in [2.24, 2.45) is 5.92 Å². The molecule has 1 aromatic carbocycles. The number of benzene rings is 1. The van der Waals surface area contributed by atoms with E-state index in [-0.39, 0.29) is 11.8 Å². The fourth-order valence-electron chi connectivity index (χ4n) is 3.09. The predicted molar refractivity (Wildman–Crippen MR) is 86.4 cm³/mol. The second-order valence-corrected chi connectivity index (χ2v) is 6.06. The van der Waals surface area contributed by atoms with Gasteiger partial charge >= 0.3 is 0 Å². The third kappa shape index (κ3) is 3.56. The number of allylic oxidation sites excluding steroid dienone is 2. The van der Waals surface area contributed by atoms with Crippen molar-refractivity contribution in [3.63, 3.8) is 0 Å². The summed E-state index contributed by atoms with van der Waals surface area (Å²) in [5.41, 5.74) is 2.01. The summed E-state index contributed by atoms with van der Waals surface area (Å²) >= 11 is 0. The Morgan fingerprint density at radius 1 is 1.27 bits per heavy atom. The monoisotopic (exact) mass is 298 g/mol. The summed E-state index contributed by atoms with van der Waals surface area (Å²) < 4.78 is 0. The second kappa shape index (κ2) is 6.77. The Morgan fingerprint density at radius 2 is 2.09 bits per heavy atom. The lowest BCUT2D eigenvalue weighted by Crippen LogP contribution is -2.25. The molecule has 1 fully saturated rings. The lowest BCUT2D eigenvalue weighted by atomic mass is 10.1. The third-order valence-electron chi connectivity index (χ3n) is 4.37. The number of carbonyl (C=O) groups excluding carboxylic acids is 2. The maximum Gasteiger partial charge on any atom is 0.227 e. The van der Waals surface area contributed by atoms with E-state index in [0.717, 1.165) is 37.1 Å². The average molecular weight is 298 g/mol. The smallest absolute Gasteiger partial charge is 0.227 e. The predicted octanol–water partition coefficient (Wildman–Crippen LogP) is 2.79. The van der Waals surface area contributed by atoms with Gasteiger partial charge in [0.25, 0.3) is 0 Å². The lowest BCUT2D eigenvalue weighted by Gasteiger charge is -2.16. The van der Waals surface area contributed by atoms with Crippen LogP contribution in [0.4, 0.5) is 5.69 Å². The van der Waals surface area contributed by atoms with Gasteiger partial charge in [-0.05, 0) is 42.9 Å². The Balaban J connectivity index is 1.49. The van der Waals surface area contributed by atoms with Gasteiger partial charge in [0.15, 0.2) is 0 Å². The lowest BCUT2D eigenvalue weighted by molar-refractivity contribution is -0.122. The Bertz CT molecular complexity index is 577. The highest BCUT2D eigenvalue weighted by molar-refractivity contribution is 5.95. The molecule has 1 heterocycles. The van der Waals surface area contributed by atoms with Crippen LogP contribution in [-0.2, 0) is 16.1 Å². The number of nitrogens with one attached hydrogen (secondary N) is 1. The van der Waals surface area contributed by atoms with Gasteiger partial charge in [-0.2, -0.15) is 0 Å². The molecule has 0 saturated carbocycles. The molecule has 116 valence electrons. The summed E-state index contributed by atoms with van der Waals surface area (Å²) in [6.45, 7) is 1.35. The molecule has 1 aliphatic carbocycles. The van der Waals surface area contributed by atoms with Gasteiger partial charge in [0.1, 0.15) is 0 Å². The van der Waals surface area contributed by atoms with Gasteiger partial charge in [0.2, 0.25) is 11.8 Å². The highest BCUT2D eigenvalue weighted by Gasteiger charge is 2.21. The number of anilines is 1. The van der Waals surface area contributed by atoms with E-state index in [4.69, 9.17) is 0 Å². The minimum Gasteiger partial charge on any atom is -0.352 e. The molecule has 4 nitrogen and oxygen atoms in total. The van der Waals surface area contributed by atoms with E-state index in [1.54, 1.807) is 0 Å². The van der Waals surface area contributed by atoms with Crippen molar-refractivity contribution in [3.8, 4) is 0 Å². The standard InChI is InChI=1S/C18H22N2O2/c21-17(12-14-4-1-2-5-14)19-13-15-7-9-16(10-8-15)20-11-3-6-18(20)22/h1,4,7-10,14H,2-3,5-6,11-13H2,(H,19,21)/t14-/m0/s1. The quantitative estimate of drug-likeness (QED) is 0.850. The van der Waals surface area contributed by atoms with Crippen molar-refractivity contribution >= 4 is 17.5 Å². The van der Waals surface area contributed by atoms with E-state index in [2.05, 4.69) is 17.5 Å². The van der Waals surface area contributed by atoms with Crippen LogP contribution in [0.25, 0.3) is 0 Å². The SMILES string of the molecule is O=C(C[C@H]1C=CCC1)NCc1ccc(N2CCCC2=O)cc1. The summed E-state index contributed by atoms with van der Waals surface area (Å²) in [4.78, 5) is 25.4. The van der Waals surface area contributed by atoms with Crippen molar-refractivity contribution in [2.75, 3.05) is 11.4 Å². The van der Waals surface area contributed by atoms with Gasteiger partial charge in [-0.3, -0.25) is 9.59 Å². The van der Waals surface area contributed by atoms with Crippen LogP contribution in [0, 0.1) is 5.92 Å². The Hall–Kier alpha value is -2.10. The van der Waals surface area contributed by atoms with E-state index in [1.165, 1.54) is 0 Å². The molecule has 1 N–H and O–H groups in total. The molecular weight excluding hydrogens is 276 g/mol. The largest absolute Gasteiger partial charge is 0.352 e. The molecule has 0 bridgehead atoms. The molecule has 0 radical (unpaired) electrons. The molecule has 1 atom stereocenters. The van der Waals surface area contributed by atoms with E-state index in [1.807, 2.05) is 29.2 Å². The molecule has 0 aromatic heterocycles. The molecule has 1 saturated heterocycles. The van der Waals surface area contributed by atoms with E-state index >= 15 is 0 Å². The van der Waals surface area contributed by atoms with Crippen molar-refractivity contribution in [2.45, 2.75) is 38.6 Å². The van der Waals surface area contributed by atoms with E-state index in [9.17, 15) is 9.59 Å². The number of carbonyl (C=O) groups is 2. The van der Waals surface area contributed by atoms with E-state index in [0.29, 0.717) is 25.3 Å². The summed E-state index contributed by atoms with van der Waals surface area (Å²) in [6, 6.07) is 7.89. The zero-order chi connectivity index (χ0) is 15.4. The van der Waals surface area contributed by atoms with Crippen LogP contribution in [0.5, 0.6) is 0 Å². The van der Waals surface area contributed by atoms with Gasteiger partial charge in [-0.25, -0.2) is 0 Å². The van der Waals surface area contributed by atoms with Gasteiger partial charge in [-0.1, -0.05) is 24.3 Å². The molecule has 1 aliphatic heterocycles. The molecule has 22 heavy (non-hydrogen) atoms. The van der Waals surface area contributed by atoms with Gasteiger partial charge in [0, 0.05) is 31.6 Å². The third-order valence-corrected chi connectivity index (χ3v) is 4.37. The van der Waals surface area contributed by atoms with Gasteiger partial charge < -0.3 is 10.2 Å². The number of rotatable bonds is 5. The Labute approximate surface area is 131 Å². The van der Waals surface area contributed by atoms with Crippen molar-refractivity contribution in [1.29, 1.82) is 0 Å². The van der Waals surface area contributed by atoms with Crippen LogP contribution in [0.1, 0.15) is 37.7 Å². The Kier molecular flexibility index (Phi) is 4.56. The second-order valence-electron chi connectivity index (χ2n) is 6.06. The molecule has 2 amide bonds. The summed E-state index contributed by atoms with van der Waals surface area (Å²) in [6.07, 6.45) is 8.63. The maximum absolute atomic E-state index is 11.9. The summed E-state index contributed by atoms with van der Waals surface area (Å²) in [5, 5.41) is 2.97. The highest BCUT2D eigenvalue weighted by Crippen LogP contribution is 2.22. The van der Waals surface area contributed by atoms with Crippen LogP contribution >= 0.6 is 0 Å².